The fraction of sp³-hybridized carbons (Fsp3) is 0.167. The molecule has 0 aliphatic carbocycles. The minimum Gasteiger partial charge on any atom is -0.472 e. The zero-order valence-electron chi connectivity index (χ0n) is 4.66. The maximum absolute atomic E-state index is 4.78. The minimum absolute atomic E-state index is 1.01. The minimum atomic E-state index is 1.01. The molecular formula is C6H7NO. The molecule has 0 saturated carbocycles. The van der Waals surface area contributed by atoms with Crippen molar-refractivity contribution in [2.45, 2.75) is 0 Å². The molecule has 42 valence electrons. The Kier molecular flexibility index (Phi) is 1.47. The summed E-state index contributed by atoms with van der Waals surface area (Å²) in [6.45, 7) is 0. The van der Waals surface area contributed by atoms with Crippen LogP contribution in [0.2, 0.25) is 0 Å². The van der Waals surface area contributed by atoms with E-state index in [1.165, 1.54) is 0 Å². The summed E-state index contributed by atoms with van der Waals surface area (Å²) in [7, 11) is 1.73. The first kappa shape index (κ1) is 5.09. The van der Waals surface area contributed by atoms with Crippen LogP contribution in [-0.2, 0) is 0 Å². The Morgan fingerprint density at radius 2 is 2.62 bits per heavy atom. The first-order valence-corrected chi connectivity index (χ1v) is 2.38. The molecule has 0 atom stereocenters. The van der Waals surface area contributed by atoms with Crippen LogP contribution in [0.4, 0.5) is 0 Å². The molecule has 1 heterocycles. The van der Waals surface area contributed by atoms with Gasteiger partial charge < -0.3 is 4.42 Å². The van der Waals surface area contributed by atoms with E-state index in [4.69, 9.17) is 4.42 Å². The molecule has 0 N–H and O–H groups in total. The molecule has 0 unspecified atom stereocenters. The van der Waals surface area contributed by atoms with E-state index >= 15 is 0 Å². The van der Waals surface area contributed by atoms with Gasteiger partial charge in [-0.3, -0.25) is 4.99 Å². The lowest BCUT2D eigenvalue weighted by Crippen LogP contribution is -1.69. The Hall–Kier alpha value is -1.05. The van der Waals surface area contributed by atoms with E-state index in [-0.39, 0.29) is 0 Å². The van der Waals surface area contributed by atoms with Crippen molar-refractivity contribution < 1.29 is 4.42 Å². The fourth-order valence-electron chi connectivity index (χ4n) is 0.498. The molecule has 8 heavy (non-hydrogen) atoms. The SMILES string of the molecule is CN=Cc1ccoc1. The molecule has 0 saturated heterocycles. The molecule has 0 bridgehead atoms. The fourth-order valence-corrected chi connectivity index (χ4v) is 0.498. The molecule has 1 rings (SSSR count). The number of nitrogens with zero attached hydrogens (tertiary/aromatic N) is 1. The third kappa shape index (κ3) is 0.964. The summed E-state index contributed by atoms with van der Waals surface area (Å²) in [5.41, 5.74) is 1.01. The van der Waals surface area contributed by atoms with Crippen LogP contribution in [0, 0.1) is 0 Å². The first-order valence-electron chi connectivity index (χ1n) is 2.38. The normalized spacial score (nSPS) is 10.6. The third-order valence-corrected chi connectivity index (χ3v) is 0.821. The van der Waals surface area contributed by atoms with Gasteiger partial charge in [0.05, 0.1) is 12.5 Å². The maximum atomic E-state index is 4.78. The highest BCUT2D eigenvalue weighted by Gasteiger charge is 1.82. The van der Waals surface area contributed by atoms with Crippen LogP contribution in [0.1, 0.15) is 5.56 Å². The van der Waals surface area contributed by atoms with Crippen LogP contribution in [0.5, 0.6) is 0 Å². The molecule has 0 radical (unpaired) electrons. The van der Waals surface area contributed by atoms with E-state index < -0.39 is 0 Å². The van der Waals surface area contributed by atoms with Crippen molar-refractivity contribution in [3.05, 3.63) is 24.2 Å². The van der Waals surface area contributed by atoms with Crippen LogP contribution in [-0.4, -0.2) is 13.3 Å². The molecule has 0 spiro atoms. The molecule has 0 aliphatic heterocycles. The summed E-state index contributed by atoms with van der Waals surface area (Å²) < 4.78 is 4.78. The van der Waals surface area contributed by atoms with Crippen molar-refractivity contribution in [2.75, 3.05) is 7.05 Å². The Morgan fingerprint density at radius 1 is 1.75 bits per heavy atom. The largest absolute Gasteiger partial charge is 0.472 e. The van der Waals surface area contributed by atoms with Crippen molar-refractivity contribution in [1.82, 2.24) is 0 Å². The molecule has 1 aromatic rings. The van der Waals surface area contributed by atoms with Gasteiger partial charge in [0.1, 0.15) is 0 Å². The van der Waals surface area contributed by atoms with Crippen molar-refractivity contribution in [1.29, 1.82) is 0 Å². The predicted molar refractivity (Wildman–Crippen MR) is 32.2 cm³/mol. The smallest absolute Gasteiger partial charge is 0.0990 e. The summed E-state index contributed by atoms with van der Waals surface area (Å²) in [5, 5.41) is 0. The average molecular weight is 109 g/mol. The number of rotatable bonds is 1. The summed E-state index contributed by atoms with van der Waals surface area (Å²) in [5.74, 6) is 0. The highest BCUT2D eigenvalue weighted by atomic mass is 16.3. The Bertz CT molecular complexity index is 165. The zero-order valence-corrected chi connectivity index (χ0v) is 4.66. The van der Waals surface area contributed by atoms with Crippen molar-refractivity contribution >= 4 is 6.21 Å². The lowest BCUT2D eigenvalue weighted by molar-refractivity contribution is 0.567. The number of furan rings is 1. The lowest BCUT2D eigenvalue weighted by Gasteiger charge is -1.73. The van der Waals surface area contributed by atoms with Gasteiger partial charge in [-0.2, -0.15) is 0 Å². The Balaban J connectivity index is 2.77. The average Bonchev–Trinajstić information content (AvgIpc) is 2.19. The van der Waals surface area contributed by atoms with Crippen LogP contribution in [0.25, 0.3) is 0 Å². The van der Waals surface area contributed by atoms with Gasteiger partial charge in [-0.1, -0.05) is 0 Å². The van der Waals surface area contributed by atoms with E-state index in [0.29, 0.717) is 0 Å². The van der Waals surface area contributed by atoms with E-state index in [2.05, 4.69) is 4.99 Å². The van der Waals surface area contributed by atoms with Crippen LogP contribution < -0.4 is 0 Å². The van der Waals surface area contributed by atoms with Gasteiger partial charge in [0.2, 0.25) is 0 Å². The van der Waals surface area contributed by atoms with Crippen LogP contribution in [0.3, 0.4) is 0 Å². The second-order valence-electron chi connectivity index (χ2n) is 1.44. The lowest BCUT2D eigenvalue weighted by atomic mass is 10.4. The van der Waals surface area contributed by atoms with Crippen molar-refractivity contribution in [2.24, 2.45) is 4.99 Å². The Labute approximate surface area is 47.9 Å². The van der Waals surface area contributed by atoms with Crippen LogP contribution >= 0.6 is 0 Å². The molecular weight excluding hydrogens is 102 g/mol. The van der Waals surface area contributed by atoms with Gasteiger partial charge in [0, 0.05) is 18.8 Å². The highest BCUT2D eigenvalue weighted by Crippen LogP contribution is 1.93. The number of aliphatic imine (C=N–C) groups is 1. The second kappa shape index (κ2) is 2.31. The highest BCUT2D eigenvalue weighted by molar-refractivity contribution is 5.78. The van der Waals surface area contributed by atoms with Gasteiger partial charge >= 0.3 is 0 Å². The predicted octanol–water partition coefficient (Wildman–Crippen LogP) is 1.33. The van der Waals surface area contributed by atoms with Gasteiger partial charge in [0.15, 0.2) is 0 Å². The topological polar surface area (TPSA) is 25.5 Å². The summed E-state index contributed by atoms with van der Waals surface area (Å²) in [6, 6.07) is 1.85. The standard InChI is InChI=1S/C6H7NO/c1-7-4-6-2-3-8-5-6/h2-5H,1H3. The first-order chi connectivity index (χ1) is 3.93. The zero-order chi connectivity index (χ0) is 5.82. The monoisotopic (exact) mass is 109 g/mol. The van der Waals surface area contributed by atoms with Gasteiger partial charge in [-0.15, -0.1) is 0 Å². The summed E-state index contributed by atoms with van der Waals surface area (Å²) in [6.07, 6.45) is 5.01. The van der Waals surface area contributed by atoms with E-state index in [9.17, 15) is 0 Å². The number of hydrogen-bond donors (Lipinski definition) is 0. The summed E-state index contributed by atoms with van der Waals surface area (Å²) >= 11 is 0. The van der Waals surface area contributed by atoms with E-state index in [1.807, 2.05) is 6.07 Å². The molecule has 0 aliphatic rings. The molecule has 2 nitrogen and oxygen atoms in total. The maximum Gasteiger partial charge on any atom is 0.0990 e. The van der Waals surface area contributed by atoms with Crippen molar-refractivity contribution in [3.8, 4) is 0 Å². The van der Waals surface area contributed by atoms with Gasteiger partial charge in [0.25, 0.3) is 0 Å². The van der Waals surface area contributed by atoms with Gasteiger partial charge in [-0.25, -0.2) is 0 Å². The quantitative estimate of drug-likeness (QED) is 0.499. The van der Waals surface area contributed by atoms with E-state index in [1.54, 1.807) is 25.8 Å². The molecule has 2 heteroatoms. The third-order valence-electron chi connectivity index (χ3n) is 0.821. The van der Waals surface area contributed by atoms with Crippen LogP contribution in [0.15, 0.2) is 28.0 Å². The molecule has 0 fully saturated rings. The van der Waals surface area contributed by atoms with Gasteiger partial charge in [-0.05, 0) is 6.07 Å². The van der Waals surface area contributed by atoms with Crippen molar-refractivity contribution in [3.63, 3.8) is 0 Å². The summed E-state index contributed by atoms with van der Waals surface area (Å²) in [4.78, 5) is 3.79. The van der Waals surface area contributed by atoms with E-state index in [0.717, 1.165) is 5.56 Å². The Morgan fingerprint density at radius 3 is 3.12 bits per heavy atom. The molecule has 0 aromatic carbocycles. The number of hydrogen-bond acceptors (Lipinski definition) is 2. The second-order valence-corrected chi connectivity index (χ2v) is 1.44. The molecule has 0 amide bonds. The molecule has 1 aromatic heterocycles.